The minimum atomic E-state index is 0.0608. The fourth-order valence-electron chi connectivity index (χ4n) is 2.75. The summed E-state index contributed by atoms with van der Waals surface area (Å²) >= 11 is 0. The van der Waals surface area contributed by atoms with Gasteiger partial charge in [-0.25, -0.2) is 15.0 Å². The molecule has 3 heterocycles. The number of carbonyl (C=O) groups excluding carboxylic acids is 1. The van der Waals surface area contributed by atoms with Gasteiger partial charge in [0, 0.05) is 38.8 Å². The minimum absolute atomic E-state index is 0.0608. The van der Waals surface area contributed by atoms with E-state index in [1.165, 1.54) is 6.33 Å². The number of nitrogen functional groups attached to an aromatic ring is 1. The molecule has 2 aromatic heterocycles. The molecule has 8 nitrogen and oxygen atoms in total. The molecular formula is C17H23N7O. The number of pyridine rings is 1. The molecule has 132 valence electrons. The molecule has 1 amide bonds. The van der Waals surface area contributed by atoms with E-state index in [0.717, 1.165) is 31.0 Å². The minimum Gasteiger partial charge on any atom is -0.382 e. The third-order valence-corrected chi connectivity index (χ3v) is 4.14. The van der Waals surface area contributed by atoms with Gasteiger partial charge in [0.25, 0.3) is 0 Å². The van der Waals surface area contributed by atoms with E-state index < -0.39 is 0 Å². The van der Waals surface area contributed by atoms with Gasteiger partial charge in [0.2, 0.25) is 5.91 Å². The van der Waals surface area contributed by atoms with E-state index in [2.05, 4.69) is 19.9 Å². The lowest BCUT2D eigenvalue weighted by Gasteiger charge is -2.35. The van der Waals surface area contributed by atoms with Crippen molar-refractivity contribution in [2.75, 3.05) is 57.5 Å². The van der Waals surface area contributed by atoms with Crippen molar-refractivity contribution in [1.82, 2.24) is 24.8 Å². The lowest BCUT2D eigenvalue weighted by Crippen LogP contribution is -2.48. The number of nitrogens with zero attached hydrogens (tertiary/aromatic N) is 6. The summed E-state index contributed by atoms with van der Waals surface area (Å²) in [7, 11) is 3.95. The number of hydrogen-bond acceptors (Lipinski definition) is 7. The van der Waals surface area contributed by atoms with Crippen molar-refractivity contribution in [3.05, 3.63) is 30.6 Å². The van der Waals surface area contributed by atoms with Gasteiger partial charge in [-0.3, -0.25) is 4.79 Å². The second-order valence-corrected chi connectivity index (χ2v) is 6.27. The standard InChI is InChI=1S/C17H23N7O/c1-22(2)7-3-4-15(25)24-10-8-23(9-11-24)14-6-5-13-16(21-14)17(18)20-12-19-13/h3-6,12H,7-11H2,1-2H3,(H2,18,19,20)/b4-3+. The first-order valence-corrected chi connectivity index (χ1v) is 8.27. The number of hydrogen-bond donors (Lipinski definition) is 1. The predicted octanol–water partition coefficient (Wildman–Crippen LogP) is 0.373. The van der Waals surface area contributed by atoms with Crippen LogP contribution in [-0.2, 0) is 4.79 Å². The van der Waals surface area contributed by atoms with Gasteiger partial charge in [0.1, 0.15) is 17.7 Å². The Kier molecular flexibility index (Phi) is 5.08. The number of amides is 1. The molecule has 0 spiro atoms. The van der Waals surface area contributed by atoms with Crippen LogP contribution >= 0.6 is 0 Å². The number of carbonyl (C=O) groups is 1. The van der Waals surface area contributed by atoms with E-state index in [-0.39, 0.29) is 5.91 Å². The van der Waals surface area contributed by atoms with Gasteiger partial charge in [0.05, 0.1) is 5.52 Å². The summed E-state index contributed by atoms with van der Waals surface area (Å²) in [6, 6.07) is 3.83. The molecule has 1 fully saturated rings. The molecule has 8 heteroatoms. The number of anilines is 2. The second kappa shape index (κ2) is 7.43. The number of piperazine rings is 1. The van der Waals surface area contributed by atoms with Crippen LogP contribution in [0.4, 0.5) is 11.6 Å². The van der Waals surface area contributed by atoms with Crippen molar-refractivity contribution in [2.24, 2.45) is 0 Å². The highest BCUT2D eigenvalue weighted by Gasteiger charge is 2.21. The van der Waals surface area contributed by atoms with Gasteiger partial charge in [-0.2, -0.15) is 0 Å². The zero-order chi connectivity index (χ0) is 17.8. The Morgan fingerprint density at radius 1 is 1.24 bits per heavy atom. The molecule has 2 aromatic rings. The Hall–Kier alpha value is -2.74. The predicted molar refractivity (Wildman–Crippen MR) is 98.2 cm³/mol. The molecule has 2 N–H and O–H groups in total. The van der Waals surface area contributed by atoms with E-state index in [4.69, 9.17) is 5.73 Å². The van der Waals surface area contributed by atoms with Crippen molar-refractivity contribution in [2.45, 2.75) is 0 Å². The zero-order valence-corrected chi connectivity index (χ0v) is 14.6. The number of fused-ring (bicyclic) bond motifs is 1. The van der Waals surface area contributed by atoms with E-state index in [0.29, 0.717) is 24.4 Å². The highest BCUT2D eigenvalue weighted by Crippen LogP contribution is 2.20. The maximum atomic E-state index is 12.2. The number of rotatable bonds is 4. The Bertz CT molecular complexity index is 782. The smallest absolute Gasteiger partial charge is 0.246 e. The van der Waals surface area contributed by atoms with Crippen LogP contribution in [-0.4, -0.2) is 77.5 Å². The van der Waals surface area contributed by atoms with Crippen LogP contribution in [0.2, 0.25) is 0 Å². The van der Waals surface area contributed by atoms with Crippen molar-refractivity contribution >= 4 is 28.6 Å². The topological polar surface area (TPSA) is 91.5 Å². The van der Waals surface area contributed by atoms with Crippen LogP contribution < -0.4 is 10.6 Å². The molecule has 25 heavy (non-hydrogen) atoms. The first-order chi connectivity index (χ1) is 12.0. The summed E-state index contributed by atoms with van der Waals surface area (Å²) < 4.78 is 0. The molecule has 1 aliphatic heterocycles. The molecule has 3 rings (SSSR count). The molecule has 0 aromatic carbocycles. The summed E-state index contributed by atoms with van der Waals surface area (Å²) in [4.78, 5) is 31.0. The van der Waals surface area contributed by atoms with Crippen molar-refractivity contribution < 1.29 is 4.79 Å². The van der Waals surface area contributed by atoms with Crippen molar-refractivity contribution in [3.8, 4) is 0 Å². The van der Waals surface area contributed by atoms with Gasteiger partial charge in [0.15, 0.2) is 5.82 Å². The van der Waals surface area contributed by atoms with Crippen molar-refractivity contribution in [1.29, 1.82) is 0 Å². The normalized spacial score (nSPS) is 15.5. The second-order valence-electron chi connectivity index (χ2n) is 6.27. The molecule has 0 atom stereocenters. The number of nitrogens with two attached hydrogens (primary N) is 1. The van der Waals surface area contributed by atoms with E-state index >= 15 is 0 Å². The highest BCUT2D eigenvalue weighted by atomic mass is 16.2. The van der Waals surface area contributed by atoms with Gasteiger partial charge < -0.3 is 20.4 Å². The molecule has 0 radical (unpaired) electrons. The van der Waals surface area contributed by atoms with Crippen LogP contribution in [0.15, 0.2) is 30.6 Å². The van der Waals surface area contributed by atoms with Crippen LogP contribution in [0.5, 0.6) is 0 Å². The first kappa shape index (κ1) is 17.1. The Labute approximate surface area is 147 Å². The average molecular weight is 341 g/mol. The third kappa shape index (κ3) is 4.03. The van der Waals surface area contributed by atoms with Gasteiger partial charge in [-0.15, -0.1) is 0 Å². The van der Waals surface area contributed by atoms with E-state index in [1.807, 2.05) is 42.1 Å². The Balaban J connectivity index is 1.63. The summed E-state index contributed by atoms with van der Waals surface area (Å²) in [6.07, 6.45) is 4.98. The molecule has 0 unspecified atom stereocenters. The monoisotopic (exact) mass is 341 g/mol. The Morgan fingerprint density at radius 3 is 2.72 bits per heavy atom. The lowest BCUT2D eigenvalue weighted by molar-refractivity contribution is -0.126. The van der Waals surface area contributed by atoms with Gasteiger partial charge >= 0.3 is 0 Å². The fourth-order valence-corrected chi connectivity index (χ4v) is 2.75. The summed E-state index contributed by atoms with van der Waals surface area (Å²) in [6.45, 7) is 3.58. The molecule has 0 aliphatic carbocycles. The van der Waals surface area contributed by atoms with Crippen LogP contribution in [0.3, 0.4) is 0 Å². The summed E-state index contributed by atoms with van der Waals surface area (Å²) in [5, 5.41) is 0. The van der Waals surface area contributed by atoms with Crippen LogP contribution in [0.1, 0.15) is 0 Å². The molecule has 0 bridgehead atoms. The molecular weight excluding hydrogens is 318 g/mol. The molecule has 0 saturated carbocycles. The third-order valence-electron chi connectivity index (χ3n) is 4.14. The first-order valence-electron chi connectivity index (χ1n) is 8.27. The van der Waals surface area contributed by atoms with Crippen LogP contribution in [0, 0.1) is 0 Å². The number of likely N-dealkylation sites (N-methyl/N-ethyl adjacent to an activating group) is 1. The van der Waals surface area contributed by atoms with Gasteiger partial charge in [-0.1, -0.05) is 6.08 Å². The maximum absolute atomic E-state index is 12.2. The Morgan fingerprint density at radius 2 is 2.00 bits per heavy atom. The van der Waals surface area contributed by atoms with E-state index in [1.54, 1.807) is 6.08 Å². The average Bonchev–Trinajstić information content (AvgIpc) is 2.61. The van der Waals surface area contributed by atoms with Crippen LogP contribution in [0.25, 0.3) is 11.0 Å². The molecule has 1 aliphatic rings. The zero-order valence-electron chi connectivity index (χ0n) is 14.6. The van der Waals surface area contributed by atoms with E-state index in [9.17, 15) is 4.79 Å². The largest absolute Gasteiger partial charge is 0.382 e. The number of aromatic nitrogens is 3. The highest BCUT2D eigenvalue weighted by molar-refractivity contribution is 5.88. The summed E-state index contributed by atoms with van der Waals surface area (Å²) in [5.41, 5.74) is 7.24. The fraction of sp³-hybridized carbons (Fsp3) is 0.412. The van der Waals surface area contributed by atoms with Gasteiger partial charge in [-0.05, 0) is 26.2 Å². The SMILES string of the molecule is CN(C)C/C=C/C(=O)N1CCN(c2ccc3ncnc(N)c3n2)CC1. The summed E-state index contributed by atoms with van der Waals surface area (Å²) in [5.74, 6) is 1.28. The molecule has 1 saturated heterocycles. The quantitative estimate of drug-likeness (QED) is 0.804. The van der Waals surface area contributed by atoms with Crippen molar-refractivity contribution in [3.63, 3.8) is 0 Å². The lowest BCUT2D eigenvalue weighted by atomic mass is 10.2. The maximum Gasteiger partial charge on any atom is 0.246 e.